The first-order valence-corrected chi connectivity index (χ1v) is 15.7. The summed E-state index contributed by atoms with van der Waals surface area (Å²) < 4.78 is 0. The Morgan fingerprint density at radius 3 is 2.41 bits per heavy atom. The van der Waals surface area contributed by atoms with Crippen molar-refractivity contribution in [3.63, 3.8) is 0 Å². The molecule has 2 aliphatic heterocycles. The first kappa shape index (κ1) is 28.6. The number of H-pyrrole nitrogens is 1. The van der Waals surface area contributed by atoms with Gasteiger partial charge >= 0.3 is 0 Å². The molecule has 11 heteroatoms. The number of fused-ring (bicyclic) bond motifs is 1. The predicted octanol–water partition coefficient (Wildman–Crippen LogP) is 3.62. The highest BCUT2D eigenvalue weighted by molar-refractivity contribution is 6.00. The standard InChI is InChI=1S/C33H41N9O2/c1-40-15-17-42(18-16-40)24-10-13-41(14-11-24)23-7-5-21(6-8-23)36-33-30(31(34)44)38-29(32(39-33)37-22-19-25(43)20-22)27-3-2-4-28-26(27)9-12-35-28/h2-9,12,22,24-25,35,43H,10-11,13-20H2,1H3,(H2,34,44)(H2,36,37,39)/t22-,25-. The number of aromatic nitrogens is 3. The van der Waals surface area contributed by atoms with Gasteiger partial charge in [-0.25, -0.2) is 9.97 Å². The van der Waals surface area contributed by atoms with Gasteiger partial charge in [0.2, 0.25) is 0 Å². The minimum absolute atomic E-state index is 0.0652. The van der Waals surface area contributed by atoms with Crippen LogP contribution in [0.5, 0.6) is 0 Å². The van der Waals surface area contributed by atoms with Gasteiger partial charge in [-0.15, -0.1) is 0 Å². The average Bonchev–Trinajstić information content (AvgIpc) is 3.51. The number of nitrogens with zero attached hydrogens (tertiary/aromatic N) is 5. The zero-order chi connectivity index (χ0) is 30.2. The molecule has 3 aliphatic rings. The smallest absolute Gasteiger partial charge is 0.271 e. The van der Waals surface area contributed by atoms with Crippen LogP contribution in [0.25, 0.3) is 22.2 Å². The zero-order valence-electron chi connectivity index (χ0n) is 25.2. The summed E-state index contributed by atoms with van der Waals surface area (Å²) >= 11 is 0. The van der Waals surface area contributed by atoms with E-state index in [-0.39, 0.29) is 17.8 Å². The molecule has 0 unspecified atom stereocenters. The Bertz CT molecular complexity index is 1620. The van der Waals surface area contributed by atoms with Crippen molar-refractivity contribution in [2.75, 3.05) is 61.8 Å². The molecule has 1 aliphatic carbocycles. The maximum absolute atomic E-state index is 12.7. The minimum Gasteiger partial charge on any atom is -0.393 e. The molecule has 0 atom stereocenters. The Kier molecular flexibility index (Phi) is 7.84. The van der Waals surface area contributed by atoms with Gasteiger partial charge in [-0.1, -0.05) is 12.1 Å². The van der Waals surface area contributed by atoms with Crippen molar-refractivity contribution in [1.29, 1.82) is 0 Å². The molecule has 6 N–H and O–H groups in total. The van der Waals surface area contributed by atoms with Crippen LogP contribution in [0.2, 0.25) is 0 Å². The molecule has 1 saturated carbocycles. The van der Waals surface area contributed by atoms with E-state index in [1.54, 1.807) is 0 Å². The lowest BCUT2D eigenvalue weighted by atomic mass is 9.89. The Morgan fingerprint density at radius 1 is 0.955 bits per heavy atom. The number of aliphatic hydroxyl groups excluding tert-OH is 1. The Balaban J connectivity index is 1.11. The number of aliphatic hydroxyl groups is 1. The summed E-state index contributed by atoms with van der Waals surface area (Å²) in [5.41, 5.74) is 10.3. The highest BCUT2D eigenvalue weighted by atomic mass is 16.3. The van der Waals surface area contributed by atoms with Crippen LogP contribution in [-0.2, 0) is 0 Å². The third-order valence-electron chi connectivity index (χ3n) is 9.45. The van der Waals surface area contributed by atoms with Gasteiger partial charge in [0.25, 0.3) is 5.91 Å². The normalized spacial score (nSPS) is 21.7. The van der Waals surface area contributed by atoms with Crippen molar-refractivity contribution in [3.05, 3.63) is 60.4 Å². The Morgan fingerprint density at radius 2 is 1.70 bits per heavy atom. The van der Waals surface area contributed by atoms with E-state index in [2.05, 4.69) is 49.5 Å². The average molecular weight is 596 g/mol. The van der Waals surface area contributed by atoms with Gasteiger partial charge in [0.1, 0.15) is 5.69 Å². The lowest BCUT2D eigenvalue weighted by Crippen LogP contribution is -2.52. The van der Waals surface area contributed by atoms with Crippen LogP contribution in [0.4, 0.5) is 23.0 Å². The van der Waals surface area contributed by atoms with Gasteiger partial charge < -0.3 is 36.3 Å². The summed E-state index contributed by atoms with van der Waals surface area (Å²) in [5, 5.41) is 17.6. The zero-order valence-corrected chi connectivity index (χ0v) is 25.2. The van der Waals surface area contributed by atoms with Crippen LogP contribution >= 0.6 is 0 Å². The molecule has 7 rings (SSSR count). The third-order valence-corrected chi connectivity index (χ3v) is 9.45. The van der Waals surface area contributed by atoms with E-state index in [1.165, 1.54) is 31.6 Å². The van der Waals surface area contributed by atoms with Crippen LogP contribution in [0.15, 0.2) is 54.7 Å². The summed E-state index contributed by atoms with van der Waals surface area (Å²) in [6.07, 6.45) is 5.17. The van der Waals surface area contributed by atoms with Crippen LogP contribution in [0.1, 0.15) is 36.2 Å². The summed E-state index contributed by atoms with van der Waals surface area (Å²) in [5.74, 6) is 0.182. The number of aromatic amines is 1. The Hall–Kier alpha value is -4.19. The number of carbonyl (C=O) groups is 1. The fourth-order valence-electron chi connectivity index (χ4n) is 6.74. The second-order valence-corrected chi connectivity index (χ2v) is 12.4. The third kappa shape index (κ3) is 5.82. The second-order valence-electron chi connectivity index (χ2n) is 12.4. The number of rotatable bonds is 8. The van der Waals surface area contributed by atoms with Crippen molar-refractivity contribution in [3.8, 4) is 11.3 Å². The number of benzene rings is 2. The van der Waals surface area contributed by atoms with Crippen molar-refractivity contribution < 1.29 is 9.90 Å². The van der Waals surface area contributed by atoms with Gasteiger partial charge in [-0.2, -0.15) is 0 Å². The number of anilines is 4. The van der Waals surface area contributed by atoms with E-state index in [0.29, 0.717) is 36.2 Å². The molecular weight excluding hydrogens is 554 g/mol. The fraction of sp³-hybridized carbons (Fsp3) is 0.424. The molecule has 4 aromatic rings. The molecule has 0 spiro atoms. The molecule has 11 nitrogen and oxygen atoms in total. The lowest BCUT2D eigenvalue weighted by molar-refractivity contribution is 0.0835. The van der Waals surface area contributed by atoms with E-state index >= 15 is 0 Å². The Labute approximate surface area is 257 Å². The van der Waals surface area contributed by atoms with Gasteiger partial charge in [-0.3, -0.25) is 9.69 Å². The number of likely N-dealkylation sites (N-methyl/N-ethyl adjacent to an activating group) is 1. The van der Waals surface area contributed by atoms with Gasteiger partial charge in [-0.05, 0) is 69.1 Å². The highest BCUT2D eigenvalue weighted by Crippen LogP contribution is 2.36. The first-order chi connectivity index (χ1) is 21.4. The quantitative estimate of drug-likeness (QED) is 0.207. The van der Waals surface area contributed by atoms with Crippen molar-refractivity contribution in [2.45, 2.75) is 43.9 Å². The molecule has 3 fully saturated rings. The molecule has 2 aromatic heterocycles. The second kappa shape index (κ2) is 12.1. The molecule has 230 valence electrons. The summed E-state index contributed by atoms with van der Waals surface area (Å²) in [6.45, 7) is 6.73. The van der Waals surface area contributed by atoms with E-state index in [0.717, 1.165) is 48.3 Å². The predicted molar refractivity (Wildman–Crippen MR) is 175 cm³/mol. The van der Waals surface area contributed by atoms with Gasteiger partial charge in [0, 0.05) is 85.4 Å². The lowest BCUT2D eigenvalue weighted by Gasteiger charge is -2.42. The number of hydrogen-bond acceptors (Lipinski definition) is 9. The molecular formula is C33H41N9O2. The van der Waals surface area contributed by atoms with Crippen molar-refractivity contribution in [2.24, 2.45) is 5.73 Å². The van der Waals surface area contributed by atoms with Crippen LogP contribution < -0.4 is 21.3 Å². The number of piperidine rings is 1. The topological polar surface area (TPSA) is 139 Å². The number of nitrogens with one attached hydrogen (secondary N) is 3. The SMILES string of the molecule is CN1CCN(C2CCN(c3ccc(Nc4nc(N[C@H]5C[C@H](O)C5)c(-c5cccc6[nH]ccc56)nc4C(N)=O)cc3)CC2)CC1. The number of carbonyl (C=O) groups excluding carboxylic acids is 1. The maximum Gasteiger partial charge on any atom is 0.271 e. The monoisotopic (exact) mass is 595 g/mol. The largest absolute Gasteiger partial charge is 0.393 e. The van der Waals surface area contributed by atoms with Crippen molar-refractivity contribution >= 4 is 39.8 Å². The molecule has 2 aromatic carbocycles. The molecule has 1 amide bonds. The number of amides is 1. The minimum atomic E-state index is -0.659. The number of nitrogens with two attached hydrogens (primary N) is 1. The van der Waals surface area contributed by atoms with Gasteiger partial charge in [0.05, 0.1) is 6.10 Å². The van der Waals surface area contributed by atoms with E-state index < -0.39 is 5.91 Å². The number of hydrogen-bond donors (Lipinski definition) is 5. The van der Waals surface area contributed by atoms with Gasteiger partial charge in [0.15, 0.2) is 17.3 Å². The number of primary amides is 1. The molecule has 44 heavy (non-hydrogen) atoms. The van der Waals surface area contributed by atoms with Crippen LogP contribution in [-0.4, -0.2) is 100 Å². The first-order valence-electron chi connectivity index (χ1n) is 15.7. The van der Waals surface area contributed by atoms with Crippen LogP contribution in [0.3, 0.4) is 0 Å². The molecule has 0 bridgehead atoms. The molecule has 4 heterocycles. The molecule has 2 saturated heterocycles. The summed E-state index contributed by atoms with van der Waals surface area (Å²) in [7, 11) is 2.21. The fourth-order valence-corrected chi connectivity index (χ4v) is 6.74. The van der Waals surface area contributed by atoms with Crippen molar-refractivity contribution in [1.82, 2.24) is 24.8 Å². The molecule has 0 radical (unpaired) electrons. The van der Waals surface area contributed by atoms with E-state index in [1.807, 2.05) is 42.6 Å². The number of piperazine rings is 1. The van der Waals surface area contributed by atoms with E-state index in [4.69, 9.17) is 15.7 Å². The van der Waals surface area contributed by atoms with E-state index in [9.17, 15) is 9.90 Å². The van der Waals surface area contributed by atoms with Crippen LogP contribution in [0, 0.1) is 0 Å². The highest BCUT2D eigenvalue weighted by Gasteiger charge is 2.30. The summed E-state index contributed by atoms with van der Waals surface area (Å²) in [4.78, 5) is 33.1. The summed E-state index contributed by atoms with van der Waals surface area (Å²) in [6, 6.07) is 16.9. The maximum atomic E-state index is 12.7.